The van der Waals surface area contributed by atoms with Crippen LogP contribution in [0.1, 0.15) is 29.3 Å². The van der Waals surface area contributed by atoms with E-state index in [1.807, 2.05) is 12.1 Å². The van der Waals surface area contributed by atoms with Crippen LogP contribution >= 0.6 is 11.3 Å². The highest BCUT2D eigenvalue weighted by Gasteiger charge is 2.27. The van der Waals surface area contributed by atoms with Gasteiger partial charge in [0.25, 0.3) is 0 Å². The van der Waals surface area contributed by atoms with Gasteiger partial charge in [0, 0.05) is 18.0 Å². The molecule has 1 saturated carbocycles. The largest absolute Gasteiger partial charge is 0.493 e. The van der Waals surface area contributed by atoms with Crippen molar-refractivity contribution in [2.24, 2.45) is 0 Å². The quantitative estimate of drug-likeness (QED) is 0.800. The van der Waals surface area contributed by atoms with Gasteiger partial charge in [-0.25, -0.2) is 0 Å². The zero-order valence-corrected chi connectivity index (χ0v) is 14.4. The van der Waals surface area contributed by atoms with Crippen LogP contribution in [0.15, 0.2) is 12.1 Å². The molecule has 0 amide bonds. The summed E-state index contributed by atoms with van der Waals surface area (Å²) in [6.07, 6.45) is 3.29. The molecule has 0 unspecified atom stereocenters. The monoisotopic (exact) mass is 335 g/mol. The molecule has 2 aromatic rings. The van der Waals surface area contributed by atoms with Crippen molar-refractivity contribution in [3.05, 3.63) is 22.7 Å². The second kappa shape index (κ2) is 7.04. The molecule has 1 aromatic carbocycles. The number of anilines is 1. The summed E-state index contributed by atoms with van der Waals surface area (Å²) in [6.45, 7) is 0.755. The third kappa shape index (κ3) is 3.50. The highest BCUT2D eigenvalue weighted by atomic mass is 32.1. The van der Waals surface area contributed by atoms with Crippen LogP contribution < -0.4 is 19.5 Å². The van der Waals surface area contributed by atoms with Crippen molar-refractivity contribution >= 4 is 16.5 Å². The minimum atomic E-state index is 0.624. The first-order valence-electron chi connectivity index (χ1n) is 7.62. The zero-order chi connectivity index (χ0) is 16.2. The number of aromatic nitrogens is 2. The molecule has 0 radical (unpaired) electrons. The highest BCUT2D eigenvalue weighted by Crippen LogP contribution is 2.42. The van der Waals surface area contributed by atoms with E-state index < -0.39 is 0 Å². The van der Waals surface area contributed by atoms with Crippen molar-refractivity contribution in [1.82, 2.24) is 10.2 Å². The van der Waals surface area contributed by atoms with E-state index in [2.05, 4.69) is 15.5 Å². The molecule has 0 saturated heterocycles. The molecule has 7 heteroatoms. The van der Waals surface area contributed by atoms with Gasteiger partial charge >= 0.3 is 0 Å². The Morgan fingerprint density at radius 1 is 1.09 bits per heavy atom. The van der Waals surface area contributed by atoms with Crippen LogP contribution in [0.25, 0.3) is 0 Å². The van der Waals surface area contributed by atoms with E-state index >= 15 is 0 Å². The lowest BCUT2D eigenvalue weighted by Crippen LogP contribution is -2.07. The smallest absolute Gasteiger partial charge is 0.205 e. The van der Waals surface area contributed by atoms with Crippen molar-refractivity contribution in [3.63, 3.8) is 0 Å². The van der Waals surface area contributed by atoms with Crippen molar-refractivity contribution in [2.75, 3.05) is 33.2 Å². The summed E-state index contributed by atoms with van der Waals surface area (Å²) < 4.78 is 16.2. The Morgan fingerprint density at radius 2 is 1.87 bits per heavy atom. The second-order valence-electron chi connectivity index (χ2n) is 5.39. The summed E-state index contributed by atoms with van der Waals surface area (Å²) >= 11 is 1.65. The van der Waals surface area contributed by atoms with Crippen LogP contribution in [0.4, 0.5) is 5.13 Å². The Kier molecular flexibility index (Phi) is 4.85. The first-order valence-corrected chi connectivity index (χ1v) is 8.43. The molecule has 23 heavy (non-hydrogen) atoms. The van der Waals surface area contributed by atoms with Crippen LogP contribution in [0.3, 0.4) is 0 Å². The van der Waals surface area contributed by atoms with Gasteiger partial charge in [-0.1, -0.05) is 17.4 Å². The van der Waals surface area contributed by atoms with E-state index in [0.717, 1.165) is 28.7 Å². The minimum absolute atomic E-state index is 0.624. The topological polar surface area (TPSA) is 65.5 Å². The lowest BCUT2D eigenvalue weighted by Gasteiger charge is -2.15. The maximum absolute atomic E-state index is 5.50. The average Bonchev–Trinajstić information content (AvgIpc) is 3.33. The summed E-state index contributed by atoms with van der Waals surface area (Å²) in [4.78, 5) is 0. The van der Waals surface area contributed by atoms with Crippen LogP contribution in [0, 0.1) is 0 Å². The molecular formula is C16H21N3O3S. The zero-order valence-electron chi connectivity index (χ0n) is 13.6. The van der Waals surface area contributed by atoms with Gasteiger partial charge in [0.2, 0.25) is 10.9 Å². The summed E-state index contributed by atoms with van der Waals surface area (Å²) in [7, 11) is 4.87. The molecule has 0 atom stereocenters. The number of ether oxygens (including phenoxy) is 3. The molecule has 1 aromatic heterocycles. The lowest BCUT2D eigenvalue weighted by atomic mass is 10.1. The van der Waals surface area contributed by atoms with Gasteiger partial charge in [-0.3, -0.25) is 0 Å². The fourth-order valence-corrected chi connectivity index (χ4v) is 3.40. The normalized spacial score (nSPS) is 13.7. The van der Waals surface area contributed by atoms with Gasteiger partial charge in [0.15, 0.2) is 11.5 Å². The summed E-state index contributed by atoms with van der Waals surface area (Å²) in [5.74, 6) is 2.65. The Labute approximate surface area is 139 Å². The maximum Gasteiger partial charge on any atom is 0.205 e. The molecule has 124 valence electrons. The lowest BCUT2D eigenvalue weighted by molar-refractivity contribution is 0.322. The van der Waals surface area contributed by atoms with Crippen molar-refractivity contribution < 1.29 is 14.2 Å². The third-order valence-electron chi connectivity index (χ3n) is 3.82. The first-order chi connectivity index (χ1) is 11.3. The highest BCUT2D eigenvalue weighted by molar-refractivity contribution is 7.15. The number of nitrogens with one attached hydrogen (secondary N) is 1. The molecular weight excluding hydrogens is 314 g/mol. The predicted molar refractivity (Wildman–Crippen MR) is 90.2 cm³/mol. The molecule has 3 rings (SSSR count). The number of hydrogen-bond acceptors (Lipinski definition) is 7. The minimum Gasteiger partial charge on any atom is -0.493 e. The molecule has 1 fully saturated rings. The summed E-state index contributed by atoms with van der Waals surface area (Å²) in [5.41, 5.74) is 1.06. The van der Waals surface area contributed by atoms with Gasteiger partial charge in [-0.05, 0) is 25.3 Å². The van der Waals surface area contributed by atoms with Gasteiger partial charge in [-0.15, -0.1) is 10.2 Å². The number of hydrogen-bond donors (Lipinski definition) is 1. The molecule has 0 aliphatic heterocycles. The number of nitrogens with zero attached hydrogens (tertiary/aromatic N) is 2. The van der Waals surface area contributed by atoms with Gasteiger partial charge in [0.05, 0.1) is 21.3 Å². The van der Waals surface area contributed by atoms with E-state index in [1.165, 1.54) is 12.8 Å². The molecule has 1 N–H and O–H groups in total. The van der Waals surface area contributed by atoms with Crippen LogP contribution in [0.2, 0.25) is 0 Å². The molecule has 1 aliphatic carbocycles. The van der Waals surface area contributed by atoms with E-state index in [9.17, 15) is 0 Å². The predicted octanol–water partition coefficient (Wildman–Crippen LogP) is 3.10. The number of rotatable bonds is 8. The van der Waals surface area contributed by atoms with Crippen LogP contribution in [0.5, 0.6) is 17.2 Å². The maximum atomic E-state index is 5.50. The first kappa shape index (κ1) is 15.9. The standard InChI is InChI=1S/C16H21N3O3S/c1-20-12-7-6-10(13(21-2)14(12)22-3)8-9-17-16-19-18-15(23-16)11-4-5-11/h6-7,11H,4-5,8-9H2,1-3H3,(H,17,19). The van der Waals surface area contributed by atoms with E-state index in [-0.39, 0.29) is 0 Å². The van der Waals surface area contributed by atoms with Crippen molar-refractivity contribution in [2.45, 2.75) is 25.2 Å². The molecule has 0 spiro atoms. The Morgan fingerprint density at radius 3 is 2.52 bits per heavy atom. The third-order valence-corrected chi connectivity index (χ3v) is 4.87. The van der Waals surface area contributed by atoms with Gasteiger partial charge < -0.3 is 19.5 Å². The molecule has 1 heterocycles. The number of benzene rings is 1. The fraction of sp³-hybridized carbons (Fsp3) is 0.500. The van der Waals surface area contributed by atoms with Crippen LogP contribution in [-0.2, 0) is 6.42 Å². The second-order valence-corrected chi connectivity index (χ2v) is 6.40. The molecule has 0 bridgehead atoms. The molecule has 6 nitrogen and oxygen atoms in total. The SMILES string of the molecule is COc1ccc(CCNc2nnc(C3CC3)s2)c(OC)c1OC. The van der Waals surface area contributed by atoms with Crippen LogP contribution in [-0.4, -0.2) is 38.1 Å². The average molecular weight is 335 g/mol. The Bertz CT molecular complexity index is 671. The summed E-state index contributed by atoms with van der Waals surface area (Å²) in [6, 6.07) is 3.89. The van der Waals surface area contributed by atoms with Gasteiger partial charge in [-0.2, -0.15) is 0 Å². The van der Waals surface area contributed by atoms with Gasteiger partial charge in [0.1, 0.15) is 5.01 Å². The summed E-state index contributed by atoms with van der Waals surface area (Å²) in [5, 5.41) is 13.8. The van der Waals surface area contributed by atoms with E-state index in [0.29, 0.717) is 23.2 Å². The van der Waals surface area contributed by atoms with Crippen molar-refractivity contribution in [3.8, 4) is 17.2 Å². The Balaban J connectivity index is 1.64. The van der Waals surface area contributed by atoms with E-state index in [4.69, 9.17) is 14.2 Å². The van der Waals surface area contributed by atoms with E-state index in [1.54, 1.807) is 32.7 Å². The molecule has 1 aliphatic rings. The van der Waals surface area contributed by atoms with Crippen molar-refractivity contribution in [1.29, 1.82) is 0 Å². The number of methoxy groups -OCH3 is 3. The fourth-order valence-electron chi connectivity index (χ4n) is 2.47. The Hall–Kier alpha value is -2.02.